The number of aliphatic hydroxyl groups excluding tert-OH is 1. The molecule has 1 nitrogen and oxygen atoms in total. The Morgan fingerprint density at radius 1 is 1.46 bits per heavy atom. The Bertz CT molecular complexity index is 265. The van der Waals surface area contributed by atoms with Crippen LogP contribution in [0.4, 0.5) is 4.39 Å². The molecule has 1 unspecified atom stereocenters. The summed E-state index contributed by atoms with van der Waals surface area (Å²) in [6.07, 6.45) is 1.89. The summed E-state index contributed by atoms with van der Waals surface area (Å²) < 4.78 is 13.1. The van der Waals surface area contributed by atoms with Gasteiger partial charge in [-0.2, -0.15) is 11.8 Å². The molecule has 1 N–H and O–H groups in total. The van der Waals surface area contributed by atoms with E-state index in [1.54, 1.807) is 30.0 Å². The molecule has 0 aromatic heterocycles. The summed E-state index contributed by atoms with van der Waals surface area (Å²) >= 11 is 1.65. The largest absolute Gasteiger partial charge is 0.388 e. The van der Waals surface area contributed by atoms with Gasteiger partial charge >= 0.3 is 0 Å². The zero-order valence-corrected chi connectivity index (χ0v) is 8.35. The summed E-state index contributed by atoms with van der Waals surface area (Å²) in [6, 6.07) is 6.36. The molecule has 3 heteroatoms. The van der Waals surface area contributed by atoms with Crippen LogP contribution in [0.1, 0.15) is 18.1 Å². The summed E-state index contributed by atoms with van der Waals surface area (Å²) in [7, 11) is 0. The molecule has 0 saturated heterocycles. The maximum atomic E-state index is 13.1. The van der Waals surface area contributed by atoms with Crippen LogP contribution in [0.25, 0.3) is 0 Å². The van der Waals surface area contributed by atoms with Crippen molar-refractivity contribution in [3.63, 3.8) is 0 Å². The molecule has 0 amide bonds. The number of hydrogen-bond acceptors (Lipinski definition) is 2. The molecule has 0 spiro atoms. The Balaban J connectivity index is 2.65. The van der Waals surface area contributed by atoms with Gasteiger partial charge in [-0.1, -0.05) is 18.2 Å². The maximum absolute atomic E-state index is 13.1. The number of benzene rings is 1. The summed E-state index contributed by atoms with van der Waals surface area (Å²) in [4.78, 5) is 0. The van der Waals surface area contributed by atoms with Crippen molar-refractivity contribution < 1.29 is 9.50 Å². The van der Waals surface area contributed by atoms with E-state index in [2.05, 4.69) is 0 Å². The lowest BCUT2D eigenvalue weighted by Gasteiger charge is -2.10. The first kappa shape index (κ1) is 10.5. The molecule has 0 saturated carbocycles. The molecule has 0 aliphatic rings. The maximum Gasteiger partial charge on any atom is 0.128 e. The van der Waals surface area contributed by atoms with Crippen molar-refractivity contribution in [3.8, 4) is 0 Å². The monoisotopic (exact) mass is 200 g/mol. The average molecular weight is 200 g/mol. The Morgan fingerprint density at radius 3 is 2.77 bits per heavy atom. The molecule has 1 rings (SSSR count). The van der Waals surface area contributed by atoms with E-state index >= 15 is 0 Å². The topological polar surface area (TPSA) is 20.2 Å². The van der Waals surface area contributed by atoms with Crippen molar-refractivity contribution in [3.05, 3.63) is 35.6 Å². The normalized spacial score (nSPS) is 12.8. The van der Waals surface area contributed by atoms with E-state index in [0.717, 1.165) is 5.75 Å². The summed E-state index contributed by atoms with van der Waals surface area (Å²) in [6.45, 7) is 0. The molecule has 72 valence electrons. The fourth-order valence-corrected chi connectivity index (χ4v) is 1.59. The minimum absolute atomic E-state index is 0.323. The summed E-state index contributed by atoms with van der Waals surface area (Å²) in [5, 5.41) is 9.58. The summed E-state index contributed by atoms with van der Waals surface area (Å²) in [5.41, 5.74) is 0.400. The first-order valence-electron chi connectivity index (χ1n) is 4.17. The fraction of sp³-hybridized carbons (Fsp3) is 0.400. The number of hydrogen-bond donors (Lipinski definition) is 1. The second kappa shape index (κ2) is 5.25. The molecular weight excluding hydrogens is 187 g/mol. The number of halogens is 1. The van der Waals surface area contributed by atoms with E-state index in [-0.39, 0.29) is 5.82 Å². The van der Waals surface area contributed by atoms with Crippen molar-refractivity contribution in [1.29, 1.82) is 0 Å². The van der Waals surface area contributed by atoms with E-state index in [1.165, 1.54) is 6.07 Å². The minimum Gasteiger partial charge on any atom is -0.388 e. The first-order chi connectivity index (χ1) is 6.25. The Kier molecular flexibility index (Phi) is 4.25. The van der Waals surface area contributed by atoms with Crippen LogP contribution < -0.4 is 0 Å². The Morgan fingerprint density at radius 2 is 2.15 bits per heavy atom. The lowest BCUT2D eigenvalue weighted by Crippen LogP contribution is -2.01. The average Bonchev–Trinajstić information content (AvgIpc) is 2.15. The van der Waals surface area contributed by atoms with Gasteiger partial charge in [0.1, 0.15) is 5.82 Å². The van der Waals surface area contributed by atoms with Gasteiger partial charge < -0.3 is 5.11 Å². The van der Waals surface area contributed by atoms with E-state index < -0.39 is 6.10 Å². The highest BCUT2D eigenvalue weighted by Gasteiger charge is 2.10. The lowest BCUT2D eigenvalue weighted by atomic mass is 10.1. The molecule has 13 heavy (non-hydrogen) atoms. The summed E-state index contributed by atoms with van der Waals surface area (Å²) in [5.74, 6) is 0.520. The third kappa shape index (κ3) is 3.01. The van der Waals surface area contributed by atoms with Gasteiger partial charge in [-0.05, 0) is 24.5 Å². The van der Waals surface area contributed by atoms with Crippen molar-refractivity contribution in [2.24, 2.45) is 0 Å². The quantitative estimate of drug-likeness (QED) is 0.806. The zero-order chi connectivity index (χ0) is 9.68. The Hall–Kier alpha value is -0.540. The molecule has 1 aromatic rings. The van der Waals surface area contributed by atoms with E-state index in [0.29, 0.717) is 12.0 Å². The van der Waals surface area contributed by atoms with Crippen molar-refractivity contribution >= 4 is 11.8 Å². The second-order valence-corrected chi connectivity index (χ2v) is 3.80. The van der Waals surface area contributed by atoms with Crippen LogP contribution >= 0.6 is 11.8 Å². The van der Waals surface area contributed by atoms with Gasteiger partial charge in [0, 0.05) is 5.56 Å². The molecule has 0 fully saturated rings. The third-order valence-electron chi connectivity index (χ3n) is 1.86. The van der Waals surface area contributed by atoms with Gasteiger partial charge in [0.15, 0.2) is 0 Å². The fourth-order valence-electron chi connectivity index (χ4n) is 1.13. The number of thioether (sulfide) groups is 1. The Labute approximate surface area is 82.0 Å². The predicted molar refractivity (Wildman–Crippen MR) is 54.4 cm³/mol. The molecule has 0 bridgehead atoms. The van der Waals surface area contributed by atoms with E-state index in [4.69, 9.17) is 0 Å². The number of rotatable bonds is 4. The van der Waals surface area contributed by atoms with Crippen LogP contribution in [-0.2, 0) is 0 Å². The first-order valence-corrected chi connectivity index (χ1v) is 5.56. The van der Waals surface area contributed by atoms with Gasteiger partial charge in [0.05, 0.1) is 6.10 Å². The van der Waals surface area contributed by atoms with Crippen molar-refractivity contribution in [2.75, 3.05) is 12.0 Å². The van der Waals surface area contributed by atoms with Crippen LogP contribution in [0, 0.1) is 5.82 Å². The standard InChI is InChI=1S/C10H13FOS/c1-13-7-6-10(12)8-4-2-3-5-9(8)11/h2-5,10,12H,6-7H2,1H3. The van der Waals surface area contributed by atoms with Crippen LogP contribution in [0.15, 0.2) is 24.3 Å². The van der Waals surface area contributed by atoms with Gasteiger partial charge in [0.2, 0.25) is 0 Å². The van der Waals surface area contributed by atoms with Crippen LogP contribution in [-0.4, -0.2) is 17.1 Å². The molecule has 1 atom stereocenters. The van der Waals surface area contributed by atoms with E-state index in [1.807, 2.05) is 6.26 Å². The van der Waals surface area contributed by atoms with Crippen LogP contribution in [0.2, 0.25) is 0 Å². The van der Waals surface area contributed by atoms with Gasteiger partial charge in [-0.25, -0.2) is 4.39 Å². The van der Waals surface area contributed by atoms with Crippen LogP contribution in [0.3, 0.4) is 0 Å². The van der Waals surface area contributed by atoms with E-state index in [9.17, 15) is 9.50 Å². The van der Waals surface area contributed by atoms with Gasteiger partial charge in [-0.15, -0.1) is 0 Å². The molecule has 1 aromatic carbocycles. The zero-order valence-electron chi connectivity index (χ0n) is 7.53. The molecule has 0 aliphatic heterocycles. The highest BCUT2D eigenvalue weighted by molar-refractivity contribution is 7.98. The highest BCUT2D eigenvalue weighted by Crippen LogP contribution is 2.20. The van der Waals surface area contributed by atoms with Crippen molar-refractivity contribution in [2.45, 2.75) is 12.5 Å². The molecular formula is C10H13FOS. The molecule has 0 aliphatic carbocycles. The highest BCUT2D eigenvalue weighted by atomic mass is 32.2. The lowest BCUT2D eigenvalue weighted by molar-refractivity contribution is 0.170. The van der Waals surface area contributed by atoms with Crippen LogP contribution in [0.5, 0.6) is 0 Å². The molecule has 0 heterocycles. The number of aliphatic hydroxyl groups is 1. The second-order valence-electron chi connectivity index (χ2n) is 2.82. The SMILES string of the molecule is CSCCC(O)c1ccccc1F. The van der Waals surface area contributed by atoms with Crippen molar-refractivity contribution in [1.82, 2.24) is 0 Å². The van der Waals surface area contributed by atoms with Gasteiger partial charge in [0.25, 0.3) is 0 Å². The predicted octanol–water partition coefficient (Wildman–Crippen LogP) is 2.61. The minimum atomic E-state index is -0.673. The molecule has 0 radical (unpaired) electrons. The third-order valence-corrected chi connectivity index (χ3v) is 2.50. The van der Waals surface area contributed by atoms with Gasteiger partial charge in [-0.3, -0.25) is 0 Å². The smallest absolute Gasteiger partial charge is 0.128 e.